The van der Waals surface area contributed by atoms with Crippen LogP contribution in [-0.4, -0.2) is 43.6 Å². The van der Waals surface area contributed by atoms with Gasteiger partial charge in [0.2, 0.25) is 10.0 Å². The van der Waals surface area contributed by atoms with Gasteiger partial charge in [-0.3, -0.25) is 0 Å². The molecule has 3 rings (SSSR count). The highest BCUT2D eigenvalue weighted by atomic mass is 32.2. The molecule has 1 unspecified atom stereocenters. The molecule has 0 amide bonds. The van der Waals surface area contributed by atoms with E-state index in [1.54, 1.807) is 18.2 Å². The van der Waals surface area contributed by atoms with Crippen molar-refractivity contribution < 1.29 is 12.9 Å². The highest BCUT2D eigenvalue weighted by molar-refractivity contribution is 7.89. The van der Waals surface area contributed by atoms with Gasteiger partial charge in [-0.25, -0.2) is 8.42 Å². The van der Waals surface area contributed by atoms with Gasteiger partial charge in [-0.2, -0.15) is 4.31 Å². The van der Waals surface area contributed by atoms with Crippen LogP contribution in [0.1, 0.15) is 37.1 Å². The number of nitrogens with zero attached hydrogens (tertiary/aromatic N) is 2. The summed E-state index contributed by atoms with van der Waals surface area (Å²) in [5.74, 6) is 0.778. The molecule has 2 heterocycles. The maximum absolute atomic E-state index is 12.8. The monoisotopic (exact) mass is 313 g/mol. The predicted molar refractivity (Wildman–Crippen MR) is 78.5 cm³/mol. The molecule has 1 N–H and O–H groups in total. The van der Waals surface area contributed by atoms with Crippen molar-refractivity contribution in [2.24, 2.45) is 5.92 Å². The third-order valence-corrected chi connectivity index (χ3v) is 6.43. The minimum absolute atomic E-state index is 0.248. The van der Waals surface area contributed by atoms with Crippen molar-refractivity contribution in [3.63, 3.8) is 0 Å². The summed E-state index contributed by atoms with van der Waals surface area (Å²) in [6, 6.07) is 0.666. The van der Waals surface area contributed by atoms with E-state index in [0.717, 1.165) is 19.4 Å². The summed E-state index contributed by atoms with van der Waals surface area (Å²) in [4.78, 5) is 0.248. The number of aryl methyl sites for hydroxylation is 2. The molecule has 6 nitrogen and oxygen atoms in total. The molecule has 0 aromatic carbocycles. The van der Waals surface area contributed by atoms with Gasteiger partial charge in [0, 0.05) is 19.1 Å². The zero-order valence-electron chi connectivity index (χ0n) is 12.6. The standard InChI is InChI=1S/C14H23N3O3S/c1-10-14(11(2)20-16-10)21(18,19)17-7-3-4-12(9-17)8-15-13-5-6-13/h12-13,15H,3-9H2,1-2H3. The van der Waals surface area contributed by atoms with Crippen LogP contribution in [0.25, 0.3) is 0 Å². The van der Waals surface area contributed by atoms with Crippen molar-refractivity contribution in [3.8, 4) is 0 Å². The Bertz CT molecular complexity index is 587. The summed E-state index contributed by atoms with van der Waals surface area (Å²) in [6.07, 6.45) is 4.52. The summed E-state index contributed by atoms with van der Waals surface area (Å²) in [5.41, 5.74) is 0.450. The Hall–Kier alpha value is -0.920. The molecule has 1 aliphatic carbocycles. The molecule has 21 heavy (non-hydrogen) atoms. The van der Waals surface area contributed by atoms with Gasteiger partial charge in [-0.1, -0.05) is 5.16 Å². The second-order valence-electron chi connectivity index (χ2n) is 6.21. The van der Waals surface area contributed by atoms with Gasteiger partial charge in [-0.05, 0) is 52.0 Å². The number of piperidine rings is 1. The number of hydrogen-bond acceptors (Lipinski definition) is 5. The fourth-order valence-corrected chi connectivity index (χ4v) is 4.85. The molecule has 1 atom stereocenters. The van der Waals surface area contributed by atoms with E-state index < -0.39 is 10.0 Å². The minimum atomic E-state index is -3.49. The zero-order valence-corrected chi connectivity index (χ0v) is 13.4. The van der Waals surface area contributed by atoms with Crippen LogP contribution >= 0.6 is 0 Å². The average Bonchev–Trinajstić information content (AvgIpc) is 3.22. The first-order chi connectivity index (χ1) is 9.98. The van der Waals surface area contributed by atoms with E-state index in [2.05, 4.69) is 10.5 Å². The van der Waals surface area contributed by atoms with Crippen LogP contribution in [0.3, 0.4) is 0 Å². The summed E-state index contributed by atoms with van der Waals surface area (Å²) in [7, 11) is -3.49. The molecular weight excluding hydrogens is 290 g/mol. The van der Waals surface area contributed by atoms with E-state index in [4.69, 9.17) is 4.52 Å². The van der Waals surface area contributed by atoms with E-state index >= 15 is 0 Å². The minimum Gasteiger partial charge on any atom is -0.360 e. The molecule has 2 fully saturated rings. The molecule has 1 aromatic heterocycles. The van der Waals surface area contributed by atoms with Crippen molar-refractivity contribution >= 4 is 10.0 Å². The SMILES string of the molecule is Cc1noc(C)c1S(=O)(=O)N1CCCC(CNC2CC2)C1. The van der Waals surface area contributed by atoms with Crippen molar-refractivity contribution in [2.75, 3.05) is 19.6 Å². The topological polar surface area (TPSA) is 75.4 Å². The van der Waals surface area contributed by atoms with Gasteiger partial charge in [-0.15, -0.1) is 0 Å². The number of hydrogen-bond donors (Lipinski definition) is 1. The largest absolute Gasteiger partial charge is 0.360 e. The van der Waals surface area contributed by atoms with Crippen LogP contribution in [0.5, 0.6) is 0 Å². The van der Waals surface area contributed by atoms with E-state index in [9.17, 15) is 8.42 Å². The zero-order chi connectivity index (χ0) is 15.0. The first-order valence-corrected chi connectivity index (χ1v) is 9.09. The van der Waals surface area contributed by atoms with Gasteiger partial charge >= 0.3 is 0 Å². The Morgan fingerprint density at radius 2 is 2.10 bits per heavy atom. The molecule has 118 valence electrons. The van der Waals surface area contributed by atoms with E-state index in [-0.39, 0.29) is 4.90 Å². The maximum atomic E-state index is 12.8. The number of aromatic nitrogens is 1. The number of sulfonamides is 1. The Balaban J connectivity index is 1.72. The van der Waals surface area contributed by atoms with Crippen molar-refractivity contribution in [2.45, 2.75) is 50.5 Å². The summed E-state index contributed by atoms with van der Waals surface area (Å²) in [5, 5.41) is 7.27. The summed E-state index contributed by atoms with van der Waals surface area (Å²) >= 11 is 0. The van der Waals surface area contributed by atoms with E-state index in [1.807, 2.05) is 0 Å². The Kier molecular flexibility index (Phi) is 4.07. The molecule has 1 aromatic rings. The van der Waals surface area contributed by atoms with Crippen LogP contribution in [0, 0.1) is 19.8 Å². The number of nitrogens with one attached hydrogen (secondary N) is 1. The van der Waals surface area contributed by atoms with Crippen LogP contribution < -0.4 is 5.32 Å². The summed E-state index contributed by atoms with van der Waals surface area (Å²) < 4.78 is 32.2. The fourth-order valence-electron chi connectivity index (χ4n) is 3.00. The lowest BCUT2D eigenvalue weighted by Gasteiger charge is -2.32. The second-order valence-corrected chi connectivity index (χ2v) is 8.08. The highest BCUT2D eigenvalue weighted by Crippen LogP contribution is 2.28. The first kappa shape index (κ1) is 15.0. The van der Waals surface area contributed by atoms with E-state index in [1.165, 1.54) is 12.8 Å². The highest BCUT2D eigenvalue weighted by Gasteiger charge is 2.34. The molecule has 7 heteroatoms. The molecule has 1 aliphatic heterocycles. The molecule has 1 saturated carbocycles. The van der Waals surface area contributed by atoms with Crippen molar-refractivity contribution in [3.05, 3.63) is 11.5 Å². The van der Waals surface area contributed by atoms with Gasteiger partial charge in [0.25, 0.3) is 0 Å². The Labute approximate surface area is 125 Å². The van der Waals surface area contributed by atoms with Crippen LogP contribution in [-0.2, 0) is 10.0 Å². The molecular formula is C14H23N3O3S. The van der Waals surface area contributed by atoms with Crippen LogP contribution in [0.4, 0.5) is 0 Å². The Morgan fingerprint density at radius 3 is 2.71 bits per heavy atom. The third kappa shape index (κ3) is 3.14. The van der Waals surface area contributed by atoms with Gasteiger partial charge in [0.15, 0.2) is 5.76 Å². The summed E-state index contributed by atoms with van der Waals surface area (Å²) in [6.45, 7) is 5.43. The smallest absolute Gasteiger partial charge is 0.248 e. The van der Waals surface area contributed by atoms with E-state index in [0.29, 0.717) is 36.5 Å². The molecule has 1 saturated heterocycles. The lowest BCUT2D eigenvalue weighted by atomic mass is 10.00. The molecule has 2 aliphatic rings. The van der Waals surface area contributed by atoms with Crippen LogP contribution in [0.15, 0.2) is 9.42 Å². The average molecular weight is 313 g/mol. The van der Waals surface area contributed by atoms with Gasteiger partial charge in [0.05, 0.1) is 0 Å². The molecule has 0 bridgehead atoms. The predicted octanol–water partition coefficient (Wildman–Crippen LogP) is 1.44. The normalized spacial score (nSPS) is 24.4. The Morgan fingerprint density at radius 1 is 1.33 bits per heavy atom. The maximum Gasteiger partial charge on any atom is 0.248 e. The second kappa shape index (κ2) is 5.70. The van der Waals surface area contributed by atoms with Crippen LogP contribution in [0.2, 0.25) is 0 Å². The van der Waals surface area contributed by atoms with Gasteiger partial charge in [0.1, 0.15) is 10.6 Å². The van der Waals surface area contributed by atoms with Crippen molar-refractivity contribution in [1.82, 2.24) is 14.8 Å². The first-order valence-electron chi connectivity index (χ1n) is 7.65. The van der Waals surface area contributed by atoms with Crippen molar-refractivity contribution in [1.29, 1.82) is 0 Å². The third-order valence-electron chi connectivity index (χ3n) is 4.32. The lowest BCUT2D eigenvalue weighted by Crippen LogP contribution is -2.43. The molecule has 0 spiro atoms. The fraction of sp³-hybridized carbons (Fsp3) is 0.786. The van der Waals surface area contributed by atoms with Gasteiger partial charge < -0.3 is 9.84 Å². The molecule has 0 radical (unpaired) electrons. The lowest BCUT2D eigenvalue weighted by molar-refractivity contribution is 0.259. The quantitative estimate of drug-likeness (QED) is 0.890. The number of rotatable bonds is 5.